The molecule has 1 aromatic heterocycles. The lowest BCUT2D eigenvalue weighted by Crippen LogP contribution is -1.99. The summed E-state index contributed by atoms with van der Waals surface area (Å²) in [5, 5.41) is 13.2. The minimum absolute atomic E-state index is 0.207. The third-order valence-corrected chi connectivity index (χ3v) is 3.04. The molecule has 0 radical (unpaired) electrons. The standard InChI is InChI=1S/C16H9F2N3/c17-14-7-6-11(8-15(14)18)16-9-12(10-19)20-21(16)13-4-2-1-3-5-13/h1-9H. The summed E-state index contributed by atoms with van der Waals surface area (Å²) in [6.45, 7) is 0. The van der Waals surface area contributed by atoms with Gasteiger partial charge in [0.1, 0.15) is 6.07 Å². The second kappa shape index (κ2) is 5.17. The first kappa shape index (κ1) is 13.0. The van der Waals surface area contributed by atoms with Crippen LogP contribution in [0.5, 0.6) is 0 Å². The Balaban J connectivity index is 2.20. The van der Waals surface area contributed by atoms with Gasteiger partial charge in [-0.2, -0.15) is 10.4 Å². The minimum Gasteiger partial charge on any atom is -0.232 e. The molecule has 3 aromatic rings. The molecule has 3 nitrogen and oxygen atoms in total. The lowest BCUT2D eigenvalue weighted by Gasteiger charge is -2.07. The molecule has 0 fully saturated rings. The van der Waals surface area contributed by atoms with E-state index in [-0.39, 0.29) is 5.69 Å². The summed E-state index contributed by atoms with van der Waals surface area (Å²) in [7, 11) is 0. The van der Waals surface area contributed by atoms with Crippen molar-refractivity contribution in [3.05, 3.63) is 71.9 Å². The van der Waals surface area contributed by atoms with Gasteiger partial charge in [0.25, 0.3) is 0 Å². The molecule has 0 saturated carbocycles. The summed E-state index contributed by atoms with van der Waals surface area (Å²) in [6.07, 6.45) is 0. The van der Waals surface area contributed by atoms with Gasteiger partial charge in [0.05, 0.1) is 11.4 Å². The molecule has 0 aliphatic rings. The Bertz CT molecular complexity index is 832. The number of rotatable bonds is 2. The third-order valence-electron chi connectivity index (χ3n) is 3.04. The number of nitriles is 1. The number of benzene rings is 2. The Hall–Kier alpha value is -3.00. The number of hydrogen-bond acceptors (Lipinski definition) is 2. The highest BCUT2D eigenvalue weighted by Crippen LogP contribution is 2.25. The fourth-order valence-corrected chi connectivity index (χ4v) is 2.06. The van der Waals surface area contributed by atoms with Crippen LogP contribution in [0, 0.1) is 23.0 Å². The average molecular weight is 281 g/mol. The van der Waals surface area contributed by atoms with E-state index < -0.39 is 11.6 Å². The highest BCUT2D eigenvalue weighted by molar-refractivity contribution is 5.63. The molecule has 0 saturated heterocycles. The van der Waals surface area contributed by atoms with Crippen molar-refractivity contribution in [2.45, 2.75) is 0 Å². The zero-order chi connectivity index (χ0) is 14.8. The van der Waals surface area contributed by atoms with Gasteiger partial charge >= 0.3 is 0 Å². The number of para-hydroxylation sites is 1. The quantitative estimate of drug-likeness (QED) is 0.719. The first-order valence-electron chi connectivity index (χ1n) is 6.20. The predicted octanol–water partition coefficient (Wildman–Crippen LogP) is 3.69. The van der Waals surface area contributed by atoms with Gasteiger partial charge in [-0.15, -0.1) is 0 Å². The van der Waals surface area contributed by atoms with Gasteiger partial charge < -0.3 is 0 Å². The molecule has 0 atom stereocenters. The Morgan fingerprint density at radius 3 is 2.38 bits per heavy atom. The van der Waals surface area contributed by atoms with Crippen molar-refractivity contribution >= 4 is 0 Å². The zero-order valence-electron chi connectivity index (χ0n) is 10.8. The molecule has 21 heavy (non-hydrogen) atoms. The Kier molecular flexibility index (Phi) is 3.20. The van der Waals surface area contributed by atoms with Gasteiger partial charge in [0.15, 0.2) is 17.3 Å². The molecule has 0 spiro atoms. The molecule has 102 valence electrons. The smallest absolute Gasteiger partial charge is 0.163 e. The van der Waals surface area contributed by atoms with Gasteiger partial charge in [0.2, 0.25) is 0 Å². The van der Waals surface area contributed by atoms with E-state index >= 15 is 0 Å². The van der Waals surface area contributed by atoms with Crippen LogP contribution in [-0.4, -0.2) is 9.78 Å². The van der Waals surface area contributed by atoms with Gasteiger partial charge in [0, 0.05) is 11.6 Å². The number of hydrogen-bond donors (Lipinski definition) is 0. The van der Waals surface area contributed by atoms with Gasteiger partial charge in [-0.1, -0.05) is 18.2 Å². The van der Waals surface area contributed by atoms with Crippen LogP contribution in [0.3, 0.4) is 0 Å². The minimum atomic E-state index is -0.938. The largest absolute Gasteiger partial charge is 0.232 e. The van der Waals surface area contributed by atoms with Crippen molar-refractivity contribution in [1.29, 1.82) is 5.26 Å². The highest BCUT2D eigenvalue weighted by atomic mass is 19.2. The lowest BCUT2D eigenvalue weighted by molar-refractivity contribution is 0.509. The Morgan fingerprint density at radius 1 is 0.952 bits per heavy atom. The molecule has 0 aliphatic carbocycles. The van der Waals surface area contributed by atoms with E-state index in [0.29, 0.717) is 11.3 Å². The van der Waals surface area contributed by atoms with E-state index in [2.05, 4.69) is 5.10 Å². The van der Waals surface area contributed by atoms with E-state index in [0.717, 1.165) is 17.8 Å². The molecular weight excluding hydrogens is 272 g/mol. The summed E-state index contributed by atoms with van der Waals surface area (Å²) >= 11 is 0. The Morgan fingerprint density at radius 2 is 1.71 bits per heavy atom. The van der Waals surface area contributed by atoms with Crippen molar-refractivity contribution in [1.82, 2.24) is 9.78 Å². The number of aromatic nitrogens is 2. The maximum absolute atomic E-state index is 13.4. The fraction of sp³-hybridized carbons (Fsp3) is 0. The van der Waals surface area contributed by atoms with Gasteiger partial charge in [-0.05, 0) is 30.3 Å². The number of halogens is 2. The summed E-state index contributed by atoms with van der Waals surface area (Å²) in [5.74, 6) is -1.85. The van der Waals surface area contributed by atoms with Crippen LogP contribution in [0.2, 0.25) is 0 Å². The molecular formula is C16H9F2N3. The van der Waals surface area contributed by atoms with E-state index in [1.807, 2.05) is 36.4 Å². The summed E-state index contributed by atoms with van der Waals surface area (Å²) in [4.78, 5) is 0. The monoisotopic (exact) mass is 281 g/mol. The van der Waals surface area contributed by atoms with Crippen LogP contribution in [0.25, 0.3) is 16.9 Å². The van der Waals surface area contributed by atoms with Crippen LogP contribution in [0.4, 0.5) is 8.78 Å². The predicted molar refractivity (Wildman–Crippen MR) is 73.6 cm³/mol. The van der Waals surface area contributed by atoms with Crippen molar-refractivity contribution in [2.24, 2.45) is 0 Å². The molecule has 1 heterocycles. The maximum atomic E-state index is 13.4. The molecule has 5 heteroatoms. The van der Waals surface area contributed by atoms with Crippen LogP contribution >= 0.6 is 0 Å². The fourth-order valence-electron chi connectivity index (χ4n) is 2.06. The van der Waals surface area contributed by atoms with Crippen LogP contribution in [0.1, 0.15) is 5.69 Å². The first-order chi connectivity index (χ1) is 10.2. The normalized spacial score (nSPS) is 10.3. The molecule has 0 bridgehead atoms. The first-order valence-corrected chi connectivity index (χ1v) is 6.20. The van der Waals surface area contributed by atoms with E-state index in [1.165, 1.54) is 10.7 Å². The zero-order valence-corrected chi connectivity index (χ0v) is 10.8. The van der Waals surface area contributed by atoms with Crippen molar-refractivity contribution in [2.75, 3.05) is 0 Å². The molecule has 0 N–H and O–H groups in total. The summed E-state index contributed by atoms with van der Waals surface area (Å²) < 4.78 is 28.0. The van der Waals surface area contributed by atoms with E-state index in [4.69, 9.17) is 5.26 Å². The molecule has 3 rings (SSSR count). The van der Waals surface area contributed by atoms with Crippen LogP contribution < -0.4 is 0 Å². The Labute approximate surface area is 119 Å². The summed E-state index contributed by atoms with van der Waals surface area (Å²) in [6, 6.07) is 16.2. The summed E-state index contributed by atoms with van der Waals surface area (Å²) in [5.41, 5.74) is 1.92. The number of nitrogens with zero attached hydrogens (tertiary/aromatic N) is 3. The topological polar surface area (TPSA) is 41.6 Å². The molecule has 2 aromatic carbocycles. The maximum Gasteiger partial charge on any atom is 0.163 e. The third kappa shape index (κ3) is 2.39. The second-order valence-corrected chi connectivity index (χ2v) is 4.40. The van der Waals surface area contributed by atoms with E-state index in [9.17, 15) is 8.78 Å². The average Bonchev–Trinajstić information content (AvgIpc) is 2.95. The molecule has 0 aliphatic heterocycles. The van der Waals surface area contributed by atoms with Crippen molar-refractivity contribution in [3.63, 3.8) is 0 Å². The molecule has 0 unspecified atom stereocenters. The van der Waals surface area contributed by atoms with Gasteiger partial charge in [-0.25, -0.2) is 13.5 Å². The molecule has 0 amide bonds. The highest BCUT2D eigenvalue weighted by Gasteiger charge is 2.13. The second-order valence-electron chi connectivity index (χ2n) is 4.40. The van der Waals surface area contributed by atoms with Crippen molar-refractivity contribution in [3.8, 4) is 23.0 Å². The van der Waals surface area contributed by atoms with Crippen LogP contribution in [0.15, 0.2) is 54.6 Å². The van der Waals surface area contributed by atoms with Gasteiger partial charge in [-0.3, -0.25) is 0 Å². The van der Waals surface area contributed by atoms with Crippen LogP contribution in [-0.2, 0) is 0 Å². The van der Waals surface area contributed by atoms with Crippen molar-refractivity contribution < 1.29 is 8.78 Å². The lowest BCUT2D eigenvalue weighted by atomic mass is 10.1. The SMILES string of the molecule is N#Cc1cc(-c2ccc(F)c(F)c2)n(-c2ccccc2)n1. The van der Waals surface area contributed by atoms with E-state index in [1.54, 1.807) is 6.07 Å².